The Morgan fingerprint density at radius 3 is 2.35 bits per heavy atom. The Kier molecular flexibility index (Phi) is 4.52. The molecule has 114 valence electrons. The lowest BCUT2D eigenvalue weighted by Gasteiger charge is -2.45. The average molecular weight is 283 g/mol. The van der Waals surface area contributed by atoms with Crippen molar-refractivity contribution in [3.05, 3.63) is 0 Å². The number of hydrogen-bond acceptors (Lipinski definition) is 4. The summed E-state index contributed by atoms with van der Waals surface area (Å²) in [6.45, 7) is 5.09. The van der Waals surface area contributed by atoms with E-state index in [1.807, 2.05) is 4.90 Å². The molecule has 20 heavy (non-hydrogen) atoms. The first kappa shape index (κ1) is 15.1. The van der Waals surface area contributed by atoms with Gasteiger partial charge in [-0.15, -0.1) is 0 Å². The van der Waals surface area contributed by atoms with Gasteiger partial charge in [0.15, 0.2) is 5.84 Å². The Hall–Kier alpha value is -1.30. The largest absolute Gasteiger partial charge is 0.409 e. The van der Waals surface area contributed by atoms with E-state index >= 15 is 0 Å². The van der Waals surface area contributed by atoms with E-state index < -0.39 is 5.41 Å². The second kappa shape index (κ2) is 5.99. The van der Waals surface area contributed by atoms with Crippen molar-refractivity contribution in [2.75, 3.05) is 13.2 Å². The number of likely N-dealkylation sites (tertiary alicyclic amines) is 1. The summed E-state index contributed by atoms with van der Waals surface area (Å²) in [5, 5.41) is 12.2. The molecule has 0 aliphatic carbocycles. The maximum absolute atomic E-state index is 13.1. The van der Waals surface area contributed by atoms with Crippen molar-refractivity contribution in [1.82, 2.24) is 4.90 Å². The molecule has 6 heteroatoms. The predicted molar refractivity (Wildman–Crippen MR) is 75.5 cm³/mol. The summed E-state index contributed by atoms with van der Waals surface area (Å²) >= 11 is 0. The number of oxime groups is 1. The fourth-order valence-corrected chi connectivity index (χ4v) is 3.46. The minimum Gasteiger partial charge on any atom is -0.409 e. The fourth-order valence-electron chi connectivity index (χ4n) is 3.46. The van der Waals surface area contributed by atoms with Crippen LogP contribution < -0.4 is 5.73 Å². The summed E-state index contributed by atoms with van der Waals surface area (Å²) < 4.78 is 5.35. The molecule has 2 aliphatic heterocycles. The number of carbonyl (C=O) groups excluding carboxylic acids is 1. The number of piperidine rings is 1. The molecule has 2 aliphatic rings. The zero-order chi connectivity index (χ0) is 14.8. The van der Waals surface area contributed by atoms with Crippen molar-refractivity contribution in [3.8, 4) is 0 Å². The summed E-state index contributed by atoms with van der Waals surface area (Å²) in [6, 6.07) is 0.412. The molecule has 2 saturated heterocycles. The smallest absolute Gasteiger partial charge is 0.237 e. The molecule has 1 amide bonds. The summed E-state index contributed by atoms with van der Waals surface area (Å²) in [6.07, 6.45) is 4.14. The van der Waals surface area contributed by atoms with Crippen molar-refractivity contribution in [2.24, 2.45) is 16.3 Å². The number of carbonyl (C=O) groups is 1. The van der Waals surface area contributed by atoms with Crippen molar-refractivity contribution in [2.45, 2.75) is 58.0 Å². The van der Waals surface area contributed by atoms with Crippen molar-refractivity contribution < 1.29 is 14.7 Å². The van der Waals surface area contributed by atoms with Crippen LogP contribution in [0.2, 0.25) is 0 Å². The molecule has 0 aromatic heterocycles. The van der Waals surface area contributed by atoms with E-state index in [2.05, 4.69) is 19.0 Å². The second-order valence-electron chi connectivity index (χ2n) is 6.02. The first-order valence-electron chi connectivity index (χ1n) is 7.41. The van der Waals surface area contributed by atoms with Gasteiger partial charge in [0.2, 0.25) is 5.91 Å². The summed E-state index contributed by atoms with van der Waals surface area (Å²) in [5.41, 5.74) is 4.98. The molecule has 0 aromatic rings. The number of amidine groups is 1. The maximum Gasteiger partial charge on any atom is 0.237 e. The summed E-state index contributed by atoms with van der Waals surface area (Å²) in [5.74, 6) is 0.0200. The first-order chi connectivity index (χ1) is 9.53. The van der Waals surface area contributed by atoms with E-state index in [4.69, 9.17) is 15.7 Å². The van der Waals surface area contributed by atoms with Gasteiger partial charge in [0.05, 0.1) is 0 Å². The van der Waals surface area contributed by atoms with Gasteiger partial charge >= 0.3 is 0 Å². The Balaban J connectivity index is 2.30. The first-order valence-corrected chi connectivity index (χ1v) is 7.41. The maximum atomic E-state index is 13.1. The van der Waals surface area contributed by atoms with E-state index in [-0.39, 0.29) is 23.8 Å². The van der Waals surface area contributed by atoms with Gasteiger partial charge < -0.3 is 20.6 Å². The van der Waals surface area contributed by atoms with Crippen LogP contribution in [0.5, 0.6) is 0 Å². The Morgan fingerprint density at radius 1 is 1.30 bits per heavy atom. The molecule has 3 N–H and O–H groups in total. The molecule has 0 bridgehead atoms. The zero-order valence-electron chi connectivity index (χ0n) is 12.3. The minimum atomic E-state index is -0.896. The zero-order valence-corrected chi connectivity index (χ0v) is 12.3. The third-order valence-electron chi connectivity index (χ3n) is 4.78. The van der Waals surface area contributed by atoms with Gasteiger partial charge in [0.1, 0.15) is 5.41 Å². The van der Waals surface area contributed by atoms with Crippen molar-refractivity contribution in [1.29, 1.82) is 0 Å². The van der Waals surface area contributed by atoms with Gasteiger partial charge in [0.25, 0.3) is 0 Å². The van der Waals surface area contributed by atoms with E-state index in [9.17, 15) is 4.79 Å². The molecule has 0 spiro atoms. The third kappa shape index (κ3) is 2.49. The molecule has 2 heterocycles. The van der Waals surface area contributed by atoms with Crippen LogP contribution in [-0.4, -0.2) is 47.1 Å². The molecular formula is C14H25N3O3. The lowest BCUT2D eigenvalue weighted by Crippen LogP contribution is -2.59. The number of hydrogen-bond donors (Lipinski definition) is 2. The number of amides is 1. The molecule has 0 radical (unpaired) electrons. The van der Waals surface area contributed by atoms with Gasteiger partial charge in [-0.1, -0.05) is 5.16 Å². The van der Waals surface area contributed by atoms with E-state index in [0.717, 1.165) is 19.3 Å². The minimum absolute atomic E-state index is 0.00389. The molecule has 0 saturated carbocycles. The average Bonchev–Trinajstić information content (AvgIpc) is 2.46. The van der Waals surface area contributed by atoms with Gasteiger partial charge in [-0.3, -0.25) is 4.79 Å². The molecule has 0 aromatic carbocycles. The highest BCUT2D eigenvalue weighted by Gasteiger charge is 2.48. The van der Waals surface area contributed by atoms with Crippen molar-refractivity contribution >= 4 is 11.7 Å². The Labute approximate surface area is 119 Å². The van der Waals surface area contributed by atoms with E-state index in [1.54, 1.807) is 0 Å². The standard InChI is InChI=1S/C14H25N3O3/c1-10-4-3-5-11(2)17(10)13(18)14(12(15)16-19)6-8-20-9-7-14/h10-11,19H,3-9H2,1-2H3,(H2,15,16)/t10-,11+. The van der Waals surface area contributed by atoms with Gasteiger partial charge in [0, 0.05) is 25.3 Å². The van der Waals surface area contributed by atoms with Crippen LogP contribution in [0.15, 0.2) is 5.16 Å². The van der Waals surface area contributed by atoms with E-state index in [0.29, 0.717) is 26.1 Å². The molecule has 0 unspecified atom stereocenters. The summed E-state index contributed by atoms with van der Waals surface area (Å²) in [4.78, 5) is 15.0. The van der Waals surface area contributed by atoms with Crippen LogP contribution in [0.25, 0.3) is 0 Å². The third-order valence-corrected chi connectivity index (χ3v) is 4.78. The van der Waals surface area contributed by atoms with Crippen LogP contribution in [0.1, 0.15) is 46.0 Å². The normalized spacial score (nSPS) is 31.1. The molecule has 2 atom stereocenters. The Bertz CT molecular complexity index is 381. The second-order valence-corrected chi connectivity index (χ2v) is 6.02. The van der Waals surface area contributed by atoms with Gasteiger partial charge in [-0.2, -0.15) is 0 Å². The molecule has 2 rings (SSSR count). The Morgan fingerprint density at radius 2 is 1.85 bits per heavy atom. The highest BCUT2D eigenvalue weighted by atomic mass is 16.5. The van der Waals surface area contributed by atoms with Crippen molar-refractivity contribution in [3.63, 3.8) is 0 Å². The highest BCUT2D eigenvalue weighted by molar-refractivity contribution is 6.07. The lowest BCUT2D eigenvalue weighted by atomic mass is 9.76. The quantitative estimate of drug-likeness (QED) is 0.346. The molecule has 6 nitrogen and oxygen atoms in total. The monoisotopic (exact) mass is 283 g/mol. The van der Waals surface area contributed by atoms with E-state index in [1.165, 1.54) is 0 Å². The van der Waals surface area contributed by atoms with Crippen LogP contribution in [0.3, 0.4) is 0 Å². The fraction of sp³-hybridized carbons (Fsp3) is 0.857. The van der Waals surface area contributed by atoms with Crippen LogP contribution in [0, 0.1) is 5.41 Å². The summed E-state index contributed by atoms with van der Waals surface area (Å²) in [7, 11) is 0. The number of nitrogens with two attached hydrogens (primary N) is 1. The van der Waals surface area contributed by atoms with Crippen LogP contribution in [-0.2, 0) is 9.53 Å². The van der Waals surface area contributed by atoms with Crippen LogP contribution in [0.4, 0.5) is 0 Å². The number of rotatable bonds is 2. The topological polar surface area (TPSA) is 88.2 Å². The molecule has 2 fully saturated rings. The molecular weight excluding hydrogens is 258 g/mol. The SMILES string of the molecule is C[C@@H]1CCC[C@H](C)N1C(=O)C1(C(N)=NO)CCOCC1. The lowest BCUT2D eigenvalue weighted by molar-refractivity contribution is -0.149. The number of ether oxygens (including phenoxy) is 1. The van der Waals surface area contributed by atoms with Crippen LogP contribution >= 0.6 is 0 Å². The highest BCUT2D eigenvalue weighted by Crippen LogP contribution is 2.36. The predicted octanol–water partition coefficient (Wildman–Crippen LogP) is 1.32. The number of nitrogens with zero attached hydrogens (tertiary/aromatic N) is 2. The van der Waals surface area contributed by atoms with Gasteiger partial charge in [-0.25, -0.2) is 0 Å². The van der Waals surface area contributed by atoms with Gasteiger partial charge in [-0.05, 0) is 46.0 Å².